The first-order valence-corrected chi connectivity index (χ1v) is 7.00. The molecule has 0 radical (unpaired) electrons. The number of hydrogen-bond acceptors (Lipinski definition) is 2. The number of nitrogens with one attached hydrogen (secondary N) is 1. The number of hydrogen-bond donors (Lipinski definition) is 1. The molecule has 0 saturated heterocycles. The van der Waals surface area contributed by atoms with Crippen LogP contribution in [-0.2, 0) is 6.54 Å². The predicted octanol–water partition coefficient (Wildman–Crippen LogP) is 4.74. The molecule has 106 valence electrons. The van der Waals surface area contributed by atoms with E-state index >= 15 is 0 Å². The van der Waals surface area contributed by atoms with E-state index in [4.69, 9.17) is 4.74 Å². The maximum Gasteiger partial charge on any atom is 0.149 e. The van der Waals surface area contributed by atoms with Crippen molar-refractivity contribution < 1.29 is 13.5 Å². The third kappa shape index (κ3) is 3.48. The minimum absolute atomic E-state index is 0.222. The summed E-state index contributed by atoms with van der Waals surface area (Å²) in [6.07, 6.45) is 0. The van der Waals surface area contributed by atoms with Gasteiger partial charge in [0.05, 0.1) is 16.8 Å². The monoisotopic (exact) mass is 341 g/mol. The van der Waals surface area contributed by atoms with Crippen LogP contribution in [0.5, 0.6) is 5.75 Å². The Morgan fingerprint density at radius 1 is 1.15 bits per heavy atom. The van der Waals surface area contributed by atoms with E-state index in [9.17, 15) is 8.78 Å². The lowest BCUT2D eigenvalue weighted by molar-refractivity contribution is 0.337. The van der Waals surface area contributed by atoms with Crippen molar-refractivity contribution in [3.05, 3.63) is 58.1 Å². The second kappa shape index (κ2) is 6.70. The van der Waals surface area contributed by atoms with Crippen LogP contribution in [0.3, 0.4) is 0 Å². The Kier molecular flexibility index (Phi) is 4.95. The van der Waals surface area contributed by atoms with Crippen LogP contribution in [0, 0.1) is 11.6 Å². The summed E-state index contributed by atoms with van der Waals surface area (Å²) in [5.41, 5.74) is 1.15. The molecular formula is C15H14BrF2NO. The molecule has 0 aliphatic heterocycles. The summed E-state index contributed by atoms with van der Waals surface area (Å²) in [6, 6.07) is 9.75. The molecule has 0 aliphatic rings. The molecule has 0 atom stereocenters. The second-order valence-corrected chi connectivity index (χ2v) is 4.99. The fraction of sp³-hybridized carbons (Fsp3) is 0.200. The zero-order valence-electron chi connectivity index (χ0n) is 10.9. The average molecular weight is 342 g/mol. The van der Waals surface area contributed by atoms with Gasteiger partial charge in [0, 0.05) is 18.2 Å². The zero-order chi connectivity index (χ0) is 14.5. The molecule has 0 amide bonds. The summed E-state index contributed by atoms with van der Waals surface area (Å²) >= 11 is 3.04. The number of anilines is 1. The maximum atomic E-state index is 13.6. The van der Waals surface area contributed by atoms with E-state index in [1.807, 2.05) is 31.2 Å². The van der Waals surface area contributed by atoms with E-state index < -0.39 is 11.6 Å². The van der Waals surface area contributed by atoms with Gasteiger partial charge in [0.15, 0.2) is 0 Å². The van der Waals surface area contributed by atoms with Crippen LogP contribution < -0.4 is 10.1 Å². The van der Waals surface area contributed by atoms with E-state index in [1.54, 1.807) is 0 Å². The summed E-state index contributed by atoms with van der Waals surface area (Å²) in [7, 11) is 0. The largest absolute Gasteiger partial charge is 0.494 e. The lowest BCUT2D eigenvalue weighted by Crippen LogP contribution is -2.04. The van der Waals surface area contributed by atoms with Gasteiger partial charge in [0.1, 0.15) is 17.4 Å². The SMILES string of the molecule is CCOc1ccccc1CNc1cc(Br)c(F)cc1F. The highest BCUT2D eigenvalue weighted by Crippen LogP contribution is 2.25. The minimum Gasteiger partial charge on any atom is -0.494 e. The maximum absolute atomic E-state index is 13.6. The highest BCUT2D eigenvalue weighted by atomic mass is 79.9. The van der Waals surface area contributed by atoms with E-state index in [1.165, 1.54) is 6.07 Å². The number of para-hydroxylation sites is 1. The molecule has 2 aromatic rings. The summed E-state index contributed by atoms with van der Waals surface area (Å²) in [5, 5.41) is 2.94. The van der Waals surface area contributed by atoms with Crippen molar-refractivity contribution >= 4 is 21.6 Å². The van der Waals surface area contributed by atoms with Crippen molar-refractivity contribution in [2.75, 3.05) is 11.9 Å². The first-order chi connectivity index (χ1) is 9.61. The van der Waals surface area contributed by atoms with Crippen molar-refractivity contribution in [1.29, 1.82) is 0 Å². The normalized spacial score (nSPS) is 10.4. The first-order valence-electron chi connectivity index (χ1n) is 6.21. The van der Waals surface area contributed by atoms with Gasteiger partial charge >= 0.3 is 0 Å². The van der Waals surface area contributed by atoms with Crippen molar-refractivity contribution in [2.24, 2.45) is 0 Å². The molecule has 2 rings (SSSR count). The van der Waals surface area contributed by atoms with Gasteiger partial charge in [-0.15, -0.1) is 0 Å². The average Bonchev–Trinajstić information content (AvgIpc) is 2.43. The predicted molar refractivity (Wildman–Crippen MR) is 79.0 cm³/mol. The molecule has 0 aliphatic carbocycles. The van der Waals surface area contributed by atoms with Crippen molar-refractivity contribution in [3.63, 3.8) is 0 Å². The number of halogens is 3. The molecule has 0 spiro atoms. The van der Waals surface area contributed by atoms with Crippen LogP contribution in [0.1, 0.15) is 12.5 Å². The molecule has 0 unspecified atom stereocenters. The van der Waals surface area contributed by atoms with Crippen molar-refractivity contribution in [2.45, 2.75) is 13.5 Å². The topological polar surface area (TPSA) is 21.3 Å². The first kappa shape index (κ1) is 14.8. The van der Waals surface area contributed by atoms with E-state index in [0.29, 0.717) is 13.2 Å². The van der Waals surface area contributed by atoms with Crippen molar-refractivity contribution in [1.82, 2.24) is 0 Å². The summed E-state index contributed by atoms with van der Waals surface area (Å²) < 4.78 is 32.5. The van der Waals surface area contributed by atoms with Crippen LogP contribution in [0.2, 0.25) is 0 Å². The second-order valence-electron chi connectivity index (χ2n) is 4.14. The Morgan fingerprint density at radius 3 is 2.65 bits per heavy atom. The zero-order valence-corrected chi connectivity index (χ0v) is 12.5. The Balaban J connectivity index is 2.15. The molecule has 20 heavy (non-hydrogen) atoms. The van der Waals surface area contributed by atoms with Gasteiger partial charge in [0.2, 0.25) is 0 Å². The number of ether oxygens (including phenoxy) is 1. The highest BCUT2D eigenvalue weighted by Gasteiger charge is 2.09. The van der Waals surface area contributed by atoms with E-state index in [0.717, 1.165) is 17.4 Å². The highest BCUT2D eigenvalue weighted by molar-refractivity contribution is 9.10. The molecular weight excluding hydrogens is 328 g/mol. The van der Waals surface area contributed by atoms with Crippen molar-refractivity contribution in [3.8, 4) is 5.75 Å². The summed E-state index contributed by atoms with van der Waals surface area (Å²) in [5.74, 6) is -0.494. The fourth-order valence-electron chi connectivity index (χ4n) is 1.79. The number of rotatable bonds is 5. The smallest absolute Gasteiger partial charge is 0.149 e. The lowest BCUT2D eigenvalue weighted by atomic mass is 10.2. The molecule has 5 heteroatoms. The molecule has 0 bridgehead atoms. The van der Waals surface area contributed by atoms with Gasteiger partial charge in [-0.3, -0.25) is 0 Å². The van der Waals surface area contributed by atoms with Gasteiger partial charge in [-0.1, -0.05) is 18.2 Å². The Bertz CT molecular complexity index is 604. The molecule has 0 heterocycles. The van der Waals surface area contributed by atoms with Crippen LogP contribution in [0.25, 0.3) is 0 Å². The van der Waals surface area contributed by atoms with Gasteiger partial charge < -0.3 is 10.1 Å². The molecule has 2 nitrogen and oxygen atoms in total. The Hall–Kier alpha value is -1.62. The minimum atomic E-state index is -0.625. The number of benzene rings is 2. The van der Waals surface area contributed by atoms with Crippen LogP contribution in [0.4, 0.5) is 14.5 Å². The van der Waals surface area contributed by atoms with Gasteiger partial charge in [0.25, 0.3) is 0 Å². The fourth-order valence-corrected chi connectivity index (χ4v) is 2.14. The summed E-state index contributed by atoms with van der Waals surface area (Å²) in [4.78, 5) is 0. The molecule has 0 fully saturated rings. The third-order valence-corrected chi connectivity index (χ3v) is 3.36. The van der Waals surface area contributed by atoms with E-state index in [2.05, 4.69) is 21.2 Å². The Labute approximate surface area is 124 Å². The standard InChI is InChI=1S/C15H14BrF2NO/c1-2-20-15-6-4-3-5-10(15)9-19-14-7-11(16)12(17)8-13(14)18/h3-8,19H,2,9H2,1H3. The quantitative estimate of drug-likeness (QED) is 0.793. The summed E-state index contributed by atoms with van der Waals surface area (Å²) in [6.45, 7) is 2.86. The van der Waals surface area contributed by atoms with Crippen LogP contribution >= 0.6 is 15.9 Å². The van der Waals surface area contributed by atoms with E-state index in [-0.39, 0.29) is 10.2 Å². The van der Waals surface area contributed by atoms with Gasteiger partial charge in [-0.25, -0.2) is 8.78 Å². The molecule has 0 saturated carbocycles. The lowest BCUT2D eigenvalue weighted by Gasteiger charge is -2.12. The van der Waals surface area contributed by atoms with Gasteiger partial charge in [-0.2, -0.15) is 0 Å². The Morgan fingerprint density at radius 2 is 1.90 bits per heavy atom. The molecule has 1 N–H and O–H groups in total. The molecule has 2 aromatic carbocycles. The van der Waals surface area contributed by atoms with Gasteiger partial charge in [-0.05, 0) is 35.0 Å². The molecule has 0 aromatic heterocycles. The van der Waals surface area contributed by atoms with Crippen LogP contribution in [-0.4, -0.2) is 6.61 Å². The van der Waals surface area contributed by atoms with Crippen LogP contribution in [0.15, 0.2) is 40.9 Å². The third-order valence-electron chi connectivity index (χ3n) is 2.75.